The third-order valence-corrected chi connectivity index (χ3v) is 5.80. The van der Waals surface area contributed by atoms with Crippen molar-refractivity contribution in [2.45, 2.75) is 53.1 Å². The van der Waals surface area contributed by atoms with Gasteiger partial charge >= 0.3 is 0 Å². The second-order valence-corrected chi connectivity index (χ2v) is 8.19. The number of aryl methyl sites for hydroxylation is 2. The van der Waals surface area contributed by atoms with Crippen LogP contribution in [-0.2, 0) is 11.3 Å². The second-order valence-electron chi connectivity index (χ2n) is 8.19. The number of rotatable bonds is 6. The molecule has 0 spiro atoms. The molecule has 2 atom stereocenters. The SMILES string of the molecule is CC(=O)N(CC1CN(Cc2cc(C)c(C)o2)CC1c1ccccc1)C(C)C. The maximum atomic E-state index is 12.1. The molecule has 1 aromatic heterocycles. The minimum Gasteiger partial charge on any atom is -0.465 e. The molecular weight excluding hydrogens is 336 g/mol. The summed E-state index contributed by atoms with van der Waals surface area (Å²) in [5, 5.41) is 0. The summed E-state index contributed by atoms with van der Waals surface area (Å²) in [6.07, 6.45) is 0. The van der Waals surface area contributed by atoms with Crippen LogP contribution in [0.2, 0.25) is 0 Å². The Morgan fingerprint density at radius 3 is 2.48 bits per heavy atom. The number of hydrogen-bond acceptors (Lipinski definition) is 3. The maximum absolute atomic E-state index is 12.1. The quantitative estimate of drug-likeness (QED) is 0.760. The summed E-state index contributed by atoms with van der Waals surface area (Å²) < 4.78 is 5.90. The van der Waals surface area contributed by atoms with Gasteiger partial charge in [0, 0.05) is 38.5 Å². The van der Waals surface area contributed by atoms with E-state index in [0.29, 0.717) is 11.8 Å². The molecule has 2 heterocycles. The molecule has 1 fully saturated rings. The van der Waals surface area contributed by atoms with E-state index in [2.05, 4.69) is 62.1 Å². The van der Waals surface area contributed by atoms with Crippen LogP contribution in [0.1, 0.15) is 49.3 Å². The summed E-state index contributed by atoms with van der Waals surface area (Å²) >= 11 is 0. The zero-order valence-corrected chi connectivity index (χ0v) is 17.2. The first-order valence-electron chi connectivity index (χ1n) is 9.95. The van der Waals surface area contributed by atoms with E-state index in [4.69, 9.17) is 4.42 Å². The fourth-order valence-corrected chi connectivity index (χ4v) is 4.26. The average molecular weight is 369 g/mol. The Bertz CT molecular complexity index is 746. The second kappa shape index (κ2) is 8.30. The molecule has 27 heavy (non-hydrogen) atoms. The van der Waals surface area contributed by atoms with Crippen LogP contribution in [0.25, 0.3) is 0 Å². The summed E-state index contributed by atoms with van der Waals surface area (Å²) in [5.41, 5.74) is 2.58. The molecule has 4 nitrogen and oxygen atoms in total. The van der Waals surface area contributed by atoms with Crippen molar-refractivity contribution in [2.75, 3.05) is 19.6 Å². The van der Waals surface area contributed by atoms with E-state index in [1.165, 1.54) is 11.1 Å². The molecule has 146 valence electrons. The van der Waals surface area contributed by atoms with Gasteiger partial charge in [-0.3, -0.25) is 9.69 Å². The van der Waals surface area contributed by atoms with Gasteiger partial charge < -0.3 is 9.32 Å². The minimum absolute atomic E-state index is 0.160. The highest BCUT2D eigenvalue weighted by atomic mass is 16.3. The van der Waals surface area contributed by atoms with E-state index in [1.54, 1.807) is 6.92 Å². The van der Waals surface area contributed by atoms with Crippen LogP contribution in [0.3, 0.4) is 0 Å². The first-order valence-corrected chi connectivity index (χ1v) is 9.95. The predicted octanol–water partition coefficient (Wildman–Crippen LogP) is 4.37. The van der Waals surface area contributed by atoms with Gasteiger partial charge in [0.15, 0.2) is 0 Å². The van der Waals surface area contributed by atoms with Gasteiger partial charge in [0.1, 0.15) is 11.5 Å². The normalized spacial score (nSPS) is 20.4. The molecule has 0 saturated carbocycles. The standard InChI is InChI=1S/C23H32N2O2/c1-16(2)25(19(5)26)13-21-12-24(14-22-11-17(3)18(4)27-22)15-23(21)20-9-7-6-8-10-20/h6-11,16,21,23H,12-15H2,1-5H3. The molecule has 1 aromatic carbocycles. The molecule has 1 amide bonds. The molecule has 0 bridgehead atoms. The zero-order chi connectivity index (χ0) is 19.6. The molecule has 2 aromatic rings. The monoisotopic (exact) mass is 368 g/mol. The molecule has 1 saturated heterocycles. The van der Waals surface area contributed by atoms with Gasteiger partial charge in [0.25, 0.3) is 0 Å². The van der Waals surface area contributed by atoms with Crippen LogP contribution < -0.4 is 0 Å². The highest BCUT2D eigenvalue weighted by Gasteiger charge is 2.36. The molecule has 0 aliphatic carbocycles. The summed E-state index contributed by atoms with van der Waals surface area (Å²) in [7, 11) is 0. The Kier molecular flexibility index (Phi) is 6.05. The third kappa shape index (κ3) is 4.62. The maximum Gasteiger partial charge on any atom is 0.219 e. The van der Waals surface area contributed by atoms with Gasteiger partial charge in [-0.15, -0.1) is 0 Å². The molecule has 1 aliphatic rings. The Balaban J connectivity index is 1.79. The van der Waals surface area contributed by atoms with Gasteiger partial charge in [0.05, 0.1) is 6.54 Å². The van der Waals surface area contributed by atoms with Crippen molar-refractivity contribution in [2.24, 2.45) is 5.92 Å². The van der Waals surface area contributed by atoms with Crippen LogP contribution in [0.4, 0.5) is 0 Å². The van der Waals surface area contributed by atoms with Crippen LogP contribution in [-0.4, -0.2) is 41.4 Å². The van der Waals surface area contributed by atoms with Gasteiger partial charge in [-0.2, -0.15) is 0 Å². The molecule has 4 heteroatoms. The number of carbonyl (C=O) groups is 1. The minimum atomic E-state index is 0.160. The Hall–Kier alpha value is -2.07. The number of likely N-dealkylation sites (tertiary alicyclic amines) is 1. The lowest BCUT2D eigenvalue weighted by Gasteiger charge is -2.30. The van der Waals surface area contributed by atoms with Crippen LogP contribution in [0, 0.1) is 19.8 Å². The number of amides is 1. The predicted molar refractivity (Wildman–Crippen MR) is 109 cm³/mol. The van der Waals surface area contributed by atoms with Crippen molar-refractivity contribution in [3.63, 3.8) is 0 Å². The smallest absolute Gasteiger partial charge is 0.219 e. The van der Waals surface area contributed by atoms with Crippen molar-refractivity contribution >= 4 is 5.91 Å². The molecule has 1 aliphatic heterocycles. The van der Waals surface area contributed by atoms with Crippen LogP contribution in [0.15, 0.2) is 40.8 Å². The van der Waals surface area contributed by atoms with Crippen LogP contribution in [0.5, 0.6) is 0 Å². The van der Waals surface area contributed by atoms with E-state index in [0.717, 1.165) is 37.7 Å². The zero-order valence-electron chi connectivity index (χ0n) is 17.2. The van der Waals surface area contributed by atoms with Gasteiger partial charge in [0.2, 0.25) is 5.91 Å². The highest BCUT2D eigenvalue weighted by Crippen LogP contribution is 2.34. The number of hydrogen-bond donors (Lipinski definition) is 0. The lowest BCUT2D eigenvalue weighted by Crippen LogP contribution is -2.40. The third-order valence-electron chi connectivity index (χ3n) is 5.80. The number of nitrogens with zero attached hydrogens (tertiary/aromatic N) is 2. The van der Waals surface area contributed by atoms with E-state index in [-0.39, 0.29) is 11.9 Å². The topological polar surface area (TPSA) is 36.7 Å². The van der Waals surface area contributed by atoms with E-state index >= 15 is 0 Å². The molecule has 0 N–H and O–H groups in total. The van der Waals surface area contributed by atoms with Crippen molar-refractivity contribution in [3.05, 3.63) is 59.0 Å². The van der Waals surface area contributed by atoms with Gasteiger partial charge in [-0.1, -0.05) is 30.3 Å². The summed E-state index contributed by atoms with van der Waals surface area (Å²) in [6.45, 7) is 13.6. The highest BCUT2D eigenvalue weighted by molar-refractivity contribution is 5.73. The lowest BCUT2D eigenvalue weighted by molar-refractivity contribution is -0.131. The van der Waals surface area contributed by atoms with Gasteiger partial charge in [-0.05, 0) is 50.8 Å². The fourth-order valence-electron chi connectivity index (χ4n) is 4.26. The number of carbonyl (C=O) groups excluding carboxylic acids is 1. The number of benzene rings is 1. The molecule has 0 radical (unpaired) electrons. The van der Waals surface area contributed by atoms with Crippen molar-refractivity contribution in [3.8, 4) is 0 Å². The largest absolute Gasteiger partial charge is 0.465 e. The first-order chi connectivity index (χ1) is 12.8. The number of furan rings is 1. The molecular formula is C23H32N2O2. The lowest BCUT2D eigenvalue weighted by atomic mass is 9.88. The Morgan fingerprint density at radius 1 is 1.22 bits per heavy atom. The van der Waals surface area contributed by atoms with E-state index in [1.807, 2.05) is 11.8 Å². The van der Waals surface area contributed by atoms with E-state index < -0.39 is 0 Å². The average Bonchev–Trinajstić information content (AvgIpc) is 3.16. The van der Waals surface area contributed by atoms with Crippen molar-refractivity contribution in [1.82, 2.24) is 9.80 Å². The van der Waals surface area contributed by atoms with E-state index in [9.17, 15) is 4.79 Å². The fraction of sp³-hybridized carbons (Fsp3) is 0.522. The first kappa shape index (κ1) is 19.7. The summed E-state index contributed by atoms with van der Waals surface area (Å²) in [6, 6.07) is 13.1. The van der Waals surface area contributed by atoms with Gasteiger partial charge in [-0.25, -0.2) is 0 Å². The van der Waals surface area contributed by atoms with Crippen molar-refractivity contribution in [1.29, 1.82) is 0 Å². The summed E-state index contributed by atoms with van der Waals surface area (Å²) in [4.78, 5) is 16.6. The van der Waals surface area contributed by atoms with Crippen molar-refractivity contribution < 1.29 is 9.21 Å². The summed E-state index contributed by atoms with van der Waals surface area (Å²) in [5.74, 6) is 3.06. The Morgan fingerprint density at radius 2 is 1.93 bits per heavy atom. The molecule has 2 unspecified atom stereocenters. The Labute approximate surface area is 163 Å². The molecule has 3 rings (SSSR count). The van der Waals surface area contributed by atoms with Crippen LogP contribution >= 0.6 is 0 Å².